The van der Waals surface area contributed by atoms with Gasteiger partial charge in [-0.25, -0.2) is 9.59 Å². The molecule has 1 saturated heterocycles. The number of aromatic nitrogens is 1. The fraction of sp³-hybridized carbons (Fsp3) is 0.192. The number of rotatable bonds is 7. The predicted octanol–water partition coefficient (Wildman–Crippen LogP) is 4.27. The Kier molecular flexibility index (Phi) is 6.69. The van der Waals surface area contributed by atoms with Gasteiger partial charge in [0.2, 0.25) is 0 Å². The Hall–Kier alpha value is -4.73. The summed E-state index contributed by atoms with van der Waals surface area (Å²) in [6.45, 7) is 5.80. The summed E-state index contributed by atoms with van der Waals surface area (Å²) in [7, 11) is 0. The summed E-state index contributed by atoms with van der Waals surface area (Å²) >= 11 is 0. The van der Waals surface area contributed by atoms with E-state index in [0.29, 0.717) is 11.1 Å². The molecule has 0 spiro atoms. The van der Waals surface area contributed by atoms with Crippen molar-refractivity contribution in [3.8, 4) is 5.69 Å². The van der Waals surface area contributed by atoms with Crippen molar-refractivity contribution in [2.45, 2.75) is 27.3 Å². The van der Waals surface area contributed by atoms with Crippen LogP contribution in [-0.2, 0) is 16.1 Å². The van der Waals surface area contributed by atoms with Crippen molar-refractivity contribution < 1.29 is 24.0 Å². The van der Waals surface area contributed by atoms with Gasteiger partial charge in [-0.1, -0.05) is 18.2 Å². The minimum absolute atomic E-state index is 0.0142. The average Bonchev–Trinajstić information content (AvgIpc) is 3.28. The Bertz CT molecular complexity index is 1400. The summed E-state index contributed by atoms with van der Waals surface area (Å²) in [5, 5.41) is 13.4. The maximum absolute atomic E-state index is 13.0. The largest absolute Gasteiger partial charge is 0.462 e. The molecule has 2 heterocycles. The minimum atomic E-state index is -0.569. The SMILES string of the molecule is CCOC(=O)c1cccc(-n2c(C)cc(/C=C3\NC(=O)N(Cc4ccc([N+](=O)[O-])cc4)C3=O)c2C)c1. The van der Waals surface area contributed by atoms with E-state index in [1.54, 1.807) is 31.2 Å². The van der Waals surface area contributed by atoms with Gasteiger partial charge in [-0.3, -0.25) is 19.8 Å². The van der Waals surface area contributed by atoms with Crippen molar-refractivity contribution in [1.82, 2.24) is 14.8 Å². The van der Waals surface area contributed by atoms with Gasteiger partial charge in [0.25, 0.3) is 11.6 Å². The highest BCUT2D eigenvalue weighted by molar-refractivity contribution is 6.14. The summed E-state index contributed by atoms with van der Waals surface area (Å²) in [5.74, 6) is -0.899. The van der Waals surface area contributed by atoms with E-state index >= 15 is 0 Å². The number of benzene rings is 2. The van der Waals surface area contributed by atoms with E-state index in [1.165, 1.54) is 24.3 Å². The average molecular weight is 489 g/mol. The maximum atomic E-state index is 13.0. The van der Waals surface area contributed by atoms with Crippen LogP contribution in [0.1, 0.15) is 39.8 Å². The molecule has 0 unspecified atom stereocenters. The van der Waals surface area contributed by atoms with Crippen molar-refractivity contribution in [2.24, 2.45) is 0 Å². The van der Waals surface area contributed by atoms with Gasteiger partial charge in [0.1, 0.15) is 5.70 Å². The Morgan fingerprint density at radius 3 is 2.50 bits per heavy atom. The lowest BCUT2D eigenvalue weighted by Crippen LogP contribution is -2.30. The van der Waals surface area contributed by atoms with Crippen LogP contribution in [-0.4, -0.2) is 38.9 Å². The summed E-state index contributed by atoms with van der Waals surface area (Å²) in [5.41, 5.74) is 4.27. The molecular weight excluding hydrogens is 464 g/mol. The van der Waals surface area contributed by atoms with Crippen molar-refractivity contribution in [1.29, 1.82) is 0 Å². The second-order valence-electron chi connectivity index (χ2n) is 8.24. The maximum Gasteiger partial charge on any atom is 0.338 e. The molecule has 1 aliphatic rings. The molecule has 0 bridgehead atoms. The van der Waals surface area contributed by atoms with E-state index < -0.39 is 22.8 Å². The smallest absolute Gasteiger partial charge is 0.338 e. The molecule has 0 radical (unpaired) electrons. The van der Waals surface area contributed by atoms with E-state index in [4.69, 9.17) is 4.74 Å². The summed E-state index contributed by atoms with van der Waals surface area (Å²) < 4.78 is 7.04. The number of nitrogens with one attached hydrogen (secondary N) is 1. The second-order valence-corrected chi connectivity index (χ2v) is 8.24. The fourth-order valence-corrected chi connectivity index (χ4v) is 4.09. The Morgan fingerprint density at radius 2 is 1.83 bits per heavy atom. The van der Waals surface area contributed by atoms with Crippen molar-refractivity contribution in [3.63, 3.8) is 0 Å². The first-order valence-electron chi connectivity index (χ1n) is 11.2. The molecular formula is C26H24N4O6. The van der Waals surface area contributed by atoms with Crippen LogP contribution in [0.15, 0.2) is 60.3 Å². The molecule has 1 fully saturated rings. The number of non-ortho nitro benzene ring substituents is 1. The van der Waals surface area contributed by atoms with Gasteiger partial charge in [-0.05, 0) is 62.2 Å². The molecule has 0 saturated carbocycles. The molecule has 4 rings (SSSR count). The Labute approximate surface area is 206 Å². The highest BCUT2D eigenvalue weighted by Gasteiger charge is 2.33. The zero-order chi connectivity index (χ0) is 26.0. The lowest BCUT2D eigenvalue weighted by molar-refractivity contribution is -0.384. The molecule has 3 amide bonds. The molecule has 0 atom stereocenters. The normalized spacial score (nSPS) is 14.3. The highest BCUT2D eigenvalue weighted by atomic mass is 16.6. The number of carbonyl (C=O) groups excluding carboxylic acids is 3. The van der Waals surface area contributed by atoms with Crippen LogP contribution in [0.4, 0.5) is 10.5 Å². The van der Waals surface area contributed by atoms with E-state index in [1.807, 2.05) is 30.5 Å². The van der Waals surface area contributed by atoms with Gasteiger partial charge >= 0.3 is 12.0 Å². The number of nitro benzene ring substituents is 1. The van der Waals surface area contributed by atoms with Gasteiger partial charge in [0.05, 0.1) is 23.6 Å². The van der Waals surface area contributed by atoms with Crippen molar-refractivity contribution in [3.05, 3.63) is 98.5 Å². The van der Waals surface area contributed by atoms with Crippen LogP contribution in [0.2, 0.25) is 0 Å². The Morgan fingerprint density at radius 1 is 1.11 bits per heavy atom. The first kappa shape index (κ1) is 24.4. The summed E-state index contributed by atoms with van der Waals surface area (Å²) in [6, 6.07) is 14.1. The van der Waals surface area contributed by atoms with E-state index in [2.05, 4.69) is 5.32 Å². The van der Waals surface area contributed by atoms with Crippen LogP contribution < -0.4 is 5.32 Å². The number of amides is 3. The lowest BCUT2D eigenvalue weighted by atomic mass is 10.1. The van der Waals surface area contributed by atoms with Crippen LogP contribution in [0.3, 0.4) is 0 Å². The topological polar surface area (TPSA) is 124 Å². The molecule has 0 aliphatic carbocycles. The molecule has 1 N–H and O–H groups in total. The standard InChI is InChI=1S/C26H24N4O6/c1-4-36-25(32)19-6-5-7-22(13-19)29-16(2)12-20(17(29)3)14-23-24(31)28(26(33)27-23)15-18-8-10-21(11-9-18)30(34)35/h5-14H,4,15H2,1-3H3,(H,27,33)/b23-14-. The van der Waals surface area contributed by atoms with Crippen LogP contribution in [0.5, 0.6) is 0 Å². The number of aryl methyl sites for hydroxylation is 1. The summed E-state index contributed by atoms with van der Waals surface area (Å²) in [6.07, 6.45) is 1.62. The zero-order valence-electron chi connectivity index (χ0n) is 20.0. The van der Waals surface area contributed by atoms with E-state index in [9.17, 15) is 24.5 Å². The third-order valence-corrected chi connectivity index (χ3v) is 5.84. The number of hydrogen-bond acceptors (Lipinski definition) is 6. The molecule has 1 aromatic heterocycles. The molecule has 10 nitrogen and oxygen atoms in total. The monoisotopic (exact) mass is 488 g/mol. The minimum Gasteiger partial charge on any atom is -0.462 e. The second kappa shape index (κ2) is 9.87. The van der Waals surface area contributed by atoms with Gasteiger partial charge in [0.15, 0.2) is 0 Å². The number of carbonyl (C=O) groups is 3. The fourth-order valence-electron chi connectivity index (χ4n) is 4.09. The number of esters is 1. The van der Waals surface area contributed by atoms with E-state index in [-0.39, 0.29) is 24.5 Å². The van der Waals surface area contributed by atoms with Crippen LogP contribution in [0, 0.1) is 24.0 Å². The number of hydrogen-bond donors (Lipinski definition) is 1. The predicted molar refractivity (Wildman–Crippen MR) is 131 cm³/mol. The van der Waals surface area contributed by atoms with Gasteiger partial charge in [-0.2, -0.15) is 0 Å². The number of nitrogens with zero attached hydrogens (tertiary/aromatic N) is 3. The van der Waals surface area contributed by atoms with Crippen LogP contribution in [0.25, 0.3) is 11.8 Å². The molecule has 184 valence electrons. The molecule has 36 heavy (non-hydrogen) atoms. The zero-order valence-corrected chi connectivity index (χ0v) is 20.0. The Balaban J connectivity index is 1.59. The number of nitro groups is 1. The van der Waals surface area contributed by atoms with Crippen LogP contribution >= 0.6 is 0 Å². The number of ether oxygens (including phenoxy) is 1. The first-order chi connectivity index (χ1) is 17.2. The third-order valence-electron chi connectivity index (χ3n) is 5.84. The van der Waals surface area contributed by atoms with Gasteiger partial charge in [-0.15, -0.1) is 0 Å². The quantitative estimate of drug-likeness (QED) is 0.174. The third kappa shape index (κ3) is 4.74. The van der Waals surface area contributed by atoms with Crippen molar-refractivity contribution in [2.75, 3.05) is 6.61 Å². The highest BCUT2D eigenvalue weighted by Crippen LogP contribution is 2.25. The molecule has 3 aromatic rings. The lowest BCUT2D eigenvalue weighted by Gasteiger charge is -2.11. The van der Waals surface area contributed by atoms with Crippen molar-refractivity contribution >= 4 is 29.7 Å². The molecule has 1 aliphatic heterocycles. The number of imide groups is 1. The number of urea groups is 1. The first-order valence-corrected chi connectivity index (χ1v) is 11.2. The van der Waals surface area contributed by atoms with Gasteiger partial charge < -0.3 is 14.6 Å². The summed E-state index contributed by atoms with van der Waals surface area (Å²) in [4.78, 5) is 49.0. The van der Waals surface area contributed by atoms with Gasteiger partial charge in [0, 0.05) is 29.2 Å². The van der Waals surface area contributed by atoms with E-state index in [0.717, 1.165) is 27.5 Å². The molecule has 10 heteroatoms. The molecule has 2 aromatic carbocycles.